The molecule has 0 aliphatic heterocycles. The van der Waals surface area contributed by atoms with Crippen LogP contribution in [0.1, 0.15) is 47.4 Å². The Morgan fingerprint density at radius 2 is 0.844 bits per heavy atom. The van der Waals surface area contributed by atoms with Crippen LogP contribution in [-0.4, -0.2) is 106 Å². The Hall–Kier alpha value is -8.18. The van der Waals surface area contributed by atoms with Crippen LogP contribution in [0, 0.1) is 11.6 Å². The number of hydrogen-bond acceptors (Lipinski definition) is 9. The van der Waals surface area contributed by atoms with Crippen molar-refractivity contribution in [3.63, 3.8) is 0 Å². The first-order chi connectivity index (χ1) is 41.2. The van der Waals surface area contributed by atoms with Crippen molar-refractivity contribution >= 4 is 29.2 Å². The molecule has 1 aromatic heterocycles. The highest BCUT2D eigenvalue weighted by Gasteiger charge is 2.92. The predicted octanol–water partition coefficient (Wildman–Crippen LogP) is 17.9. The van der Waals surface area contributed by atoms with Crippen LogP contribution in [0.25, 0.3) is 11.1 Å². The molecule has 6 rings (SSSR count). The summed E-state index contributed by atoms with van der Waals surface area (Å²) in [6.45, 7) is -3.22. The van der Waals surface area contributed by atoms with Crippen molar-refractivity contribution in [1.29, 1.82) is 0 Å². The first-order valence-corrected chi connectivity index (χ1v) is 24.7. The van der Waals surface area contributed by atoms with E-state index in [2.05, 4.69) is 25.6 Å². The number of alkyl halides is 26. The number of ether oxygens (including phenoxy) is 3. The average molecular weight is 1340 g/mol. The maximum absolute atomic E-state index is 14.7. The lowest BCUT2D eigenvalue weighted by molar-refractivity contribution is -0.440. The summed E-state index contributed by atoms with van der Waals surface area (Å²) in [6.07, 6.45) is -25.3. The molecule has 9 nitrogen and oxygen atoms in total. The summed E-state index contributed by atoms with van der Waals surface area (Å²) in [5, 5.41) is 5.17. The molecule has 0 bridgehead atoms. The zero-order valence-electron chi connectivity index (χ0n) is 44.0. The second-order valence-corrected chi connectivity index (χ2v) is 19.0. The highest BCUT2D eigenvalue weighted by atomic mass is 19.4. The van der Waals surface area contributed by atoms with Gasteiger partial charge in [0.05, 0.1) is 18.8 Å². The lowest BCUT2D eigenvalue weighted by atomic mass is 9.92. The van der Waals surface area contributed by atoms with Crippen molar-refractivity contribution in [2.45, 2.75) is 104 Å². The Balaban J connectivity index is 1.27. The van der Waals surface area contributed by atoms with Gasteiger partial charge in [0.2, 0.25) is 11.9 Å². The topological polar surface area (TPSA) is 107 Å². The molecule has 6 aromatic rings. The first-order valence-electron chi connectivity index (χ1n) is 24.7. The molecule has 0 unspecified atom stereocenters. The van der Waals surface area contributed by atoms with Crippen molar-refractivity contribution in [3.8, 4) is 28.4 Å². The van der Waals surface area contributed by atoms with Crippen molar-refractivity contribution in [1.82, 2.24) is 15.0 Å². The fourth-order valence-electron chi connectivity index (χ4n) is 7.59. The minimum absolute atomic E-state index is 0.00952. The molecule has 0 radical (unpaired) electrons. The minimum atomic E-state index is -8.27. The number of carbonyl (C=O) groups excluding carboxylic acids is 1. The third-order valence-electron chi connectivity index (χ3n) is 12.6. The number of nitrogens with one attached hydrogen (secondary N) is 2. The molecule has 0 spiro atoms. The van der Waals surface area contributed by atoms with E-state index in [1.165, 1.54) is 36.4 Å². The van der Waals surface area contributed by atoms with E-state index in [1.807, 2.05) is 30.3 Å². The molecular weight excluding hydrogens is 1300 g/mol. The molecule has 492 valence electrons. The molecule has 5 aromatic carbocycles. The number of esters is 1. The number of aromatic nitrogens is 3. The number of halogens is 28. The van der Waals surface area contributed by atoms with E-state index in [4.69, 9.17) is 14.2 Å². The van der Waals surface area contributed by atoms with Gasteiger partial charge in [-0.3, -0.25) is 0 Å². The Morgan fingerprint density at radius 3 is 1.31 bits per heavy atom. The average Bonchev–Trinajstić information content (AvgIpc) is 0.721. The fraction of sp³-hybridized carbons (Fsp3) is 0.358. The summed E-state index contributed by atoms with van der Waals surface area (Å²) in [5.41, 5.74) is 1.26. The van der Waals surface area contributed by atoms with E-state index in [9.17, 15) is 128 Å². The van der Waals surface area contributed by atoms with Crippen LogP contribution in [0.4, 0.5) is 146 Å². The molecule has 0 aliphatic rings. The van der Waals surface area contributed by atoms with Gasteiger partial charge in [-0.1, -0.05) is 48.5 Å². The maximum Gasteiger partial charge on any atom is 0.460 e. The van der Waals surface area contributed by atoms with Crippen LogP contribution < -0.4 is 24.8 Å². The second kappa shape index (κ2) is 25.2. The summed E-state index contributed by atoms with van der Waals surface area (Å²) < 4.78 is 400. The van der Waals surface area contributed by atoms with Crippen LogP contribution in [0.3, 0.4) is 0 Å². The van der Waals surface area contributed by atoms with Gasteiger partial charge in [0.15, 0.2) is 23.1 Å². The molecule has 0 aliphatic carbocycles. The Bertz CT molecular complexity index is 3460. The van der Waals surface area contributed by atoms with E-state index >= 15 is 0 Å². The third kappa shape index (κ3) is 14.1. The van der Waals surface area contributed by atoms with Gasteiger partial charge in [-0.2, -0.15) is 129 Å². The highest BCUT2D eigenvalue weighted by molar-refractivity contribution is 5.91. The van der Waals surface area contributed by atoms with Crippen molar-refractivity contribution in [3.05, 3.63) is 144 Å². The predicted molar refractivity (Wildman–Crippen MR) is 256 cm³/mol. The molecule has 0 saturated heterocycles. The minimum Gasteiger partial charge on any atom is -0.490 e. The second-order valence-electron chi connectivity index (χ2n) is 19.0. The molecule has 2 N–H and O–H groups in total. The molecule has 37 heteroatoms. The molecule has 0 atom stereocenters. The molecular formula is C53H35F28N5O4. The van der Waals surface area contributed by atoms with Crippen LogP contribution in [0.2, 0.25) is 0 Å². The third-order valence-corrected chi connectivity index (χ3v) is 12.6. The summed E-state index contributed by atoms with van der Waals surface area (Å²) in [5.74, 6) is -84.6. The monoisotopic (exact) mass is 1340 g/mol. The quantitative estimate of drug-likeness (QED) is 0.0226. The van der Waals surface area contributed by atoms with Gasteiger partial charge in [-0.25, -0.2) is 13.6 Å². The van der Waals surface area contributed by atoms with Crippen LogP contribution in [-0.2, 0) is 6.42 Å². The van der Waals surface area contributed by atoms with E-state index in [0.29, 0.717) is 24.3 Å². The van der Waals surface area contributed by atoms with Crippen molar-refractivity contribution < 1.29 is 142 Å². The largest absolute Gasteiger partial charge is 0.490 e. The van der Waals surface area contributed by atoms with Gasteiger partial charge in [0.1, 0.15) is 11.6 Å². The molecule has 0 fully saturated rings. The van der Waals surface area contributed by atoms with Gasteiger partial charge < -0.3 is 24.8 Å². The SMILES string of the molecule is O=C(Oc1ccc(-c2ccccc2)cc1)c1ccc(Nc2nc(Cc3ccc(F)c(F)c3)nc(Nc3ccc(OCCCC(F)(F)C(F)(F)C(F)(F)C(F)(F)C(F)(F)C(F)(F)F)c(OCCCC(F)(F)C(F)(F)C(F)(F)C(F)(F)C(F)(F)C(F)(F)F)c3)n2)cc1. The molecule has 0 saturated carbocycles. The standard InChI is InChI=1S/C53H35F28N5O4/c54-34-18-8-27(24-35(34)55)25-38-84-40(82-31-13-9-30(10-14-31)39(87)90-33-16-11-29(12-17-33)28-6-2-1-3-7-28)86-41(85-38)83-32-15-19-36(88-22-4-20-42(56,57)44(60,61)46(64,65)48(68,69)50(72,73)52(76,77)78)37(26-32)89-23-5-21-43(58,59)45(62,63)47(66,67)49(70,71)51(74,75)53(79,80)81/h1-3,6-19,24,26H,4-5,20-23,25H2,(H2,82,83,84,85,86). The number of nitrogens with zero attached hydrogens (tertiary/aromatic N) is 3. The fourth-order valence-corrected chi connectivity index (χ4v) is 7.59. The first kappa shape index (κ1) is 70.9. The van der Waals surface area contributed by atoms with E-state index in [0.717, 1.165) is 23.3 Å². The van der Waals surface area contributed by atoms with Gasteiger partial charge in [-0.05, 0) is 90.2 Å². The smallest absolute Gasteiger partial charge is 0.460 e. The van der Waals surface area contributed by atoms with Crippen LogP contribution in [0.15, 0.2) is 115 Å². The number of rotatable bonds is 27. The van der Waals surface area contributed by atoms with Gasteiger partial charge in [0, 0.05) is 36.7 Å². The normalized spacial score (nSPS) is 13.7. The number of hydrogen-bond donors (Lipinski definition) is 2. The lowest BCUT2D eigenvalue weighted by Crippen LogP contribution is -2.70. The Morgan fingerprint density at radius 1 is 0.411 bits per heavy atom. The van der Waals surface area contributed by atoms with Gasteiger partial charge in [-0.15, -0.1) is 0 Å². The zero-order valence-corrected chi connectivity index (χ0v) is 44.0. The highest BCUT2D eigenvalue weighted by Crippen LogP contribution is 2.62. The van der Waals surface area contributed by atoms with E-state index < -0.39 is 164 Å². The maximum atomic E-state index is 14.7. The molecule has 0 amide bonds. The van der Waals surface area contributed by atoms with Gasteiger partial charge >= 0.3 is 77.5 Å². The zero-order chi connectivity index (χ0) is 67.7. The van der Waals surface area contributed by atoms with Crippen LogP contribution in [0.5, 0.6) is 17.2 Å². The summed E-state index contributed by atoms with van der Waals surface area (Å²) in [4.78, 5) is 25.4. The Labute approximate surface area is 485 Å². The van der Waals surface area contributed by atoms with Crippen molar-refractivity contribution in [2.24, 2.45) is 0 Å². The summed E-state index contributed by atoms with van der Waals surface area (Å²) >= 11 is 0. The van der Waals surface area contributed by atoms with E-state index in [1.54, 1.807) is 12.1 Å². The van der Waals surface area contributed by atoms with Gasteiger partial charge in [0.25, 0.3) is 0 Å². The van der Waals surface area contributed by atoms with Crippen LogP contribution >= 0.6 is 0 Å². The molecule has 1 heterocycles. The van der Waals surface area contributed by atoms with Crippen molar-refractivity contribution in [2.75, 3.05) is 23.8 Å². The number of benzene rings is 5. The summed E-state index contributed by atoms with van der Waals surface area (Å²) in [7, 11) is 0. The number of anilines is 4. The van der Waals surface area contributed by atoms with E-state index in [-0.39, 0.29) is 28.4 Å². The Kier molecular flexibility index (Phi) is 19.9. The molecule has 90 heavy (non-hydrogen) atoms. The lowest BCUT2D eigenvalue weighted by Gasteiger charge is -2.39. The summed E-state index contributed by atoms with van der Waals surface area (Å²) in [6, 6.07) is 25.1. The number of carbonyl (C=O) groups is 1.